The van der Waals surface area contributed by atoms with Crippen LogP contribution in [0.5, 0.6) is 0 Å². The average molecular weight is 279 g/mol. The zero-order valence-electron chi connectivity index (χ0n) is 11.2. The van der Waals surface area contributed by atoms with Gasteiger partial charge in [-0.3, -0.25) is 4.68 Å². The fourth-order valence-electron chi connectivity index (χ4n) is 1.68. The number of aromatic nitrogens is 2. The van der Waals surface area contributed by atoms with E-state index in [-0.39, 0.29) is 12.6 Å². The van der Waals surface area contributed by atoms with Gasteiger partial charge >= 0.3 is 6.18 Å². The van der Waals surface area contributed by atoms with E-state index < -0.39 is 12.8 Å². The minimum atomic E-state index is -4.27. The fourth-order valence-corrected chi connectivity index (χ4v) is 1.68. The van der Waals surface area contributed by atoms with Crippen LogP contribution in [0.2, 0.25) is 0 Å². The molecule has 1 rings (SSSR count). The Morgan fingerprint density at radius 1 is 1.47 bits per heavy atom. The van der Waals surface area contributed by atoms with Crippen molar-refractivity contribution in [2.75, 3.05) is 19.8 Å². The van der Waals surface area contributed by atoms with E-state index in [2.05, 4.69) is 15.2 Å². The molecule has 0 amide bonds. The molecule has 0 aliphatic heterocycles. The molecule has 1 aromatic rings. The molecule has 0 aliphatic carbocycles. The van der Waals surface area contributed by atoms with Crippen LogP contribution in [0.15, 0.2) is 12.3 Å². The minimum absolute atomic E-state index is 0.0530. The Kier molecular flexibility index (Phi) is 6.30. The van der Waals surface area contributed by atoms with Crippen LogP contribution in [0.25, 0.3) is 0 Å². The van der Waals surface area contributed by atoms with E-state index in [9.17, 15) is 13.2 Å². The first-order chi connectivity index (χ1) is 8.92. The van der Waals surface area contributed by atoms with E-state index in [1.165, 1.54) is 0 Å². The molecule has 1 N–H and O–H groups in total. The van der Waals surface area contributed by atoms with E-state index in [4.69, 9.17) is 0 Å². The van der Waals surface area contributed by atoms with Crippen molar-refractivity contribution in [3.05, 3.63) is 18.0 Å². The van der Waals surface area contributed by atoms with Gasteiger partial charge in [-0.05, 0) is 25.5 Å². The van der Waals surface area contributed by atoms with Crippen molar-refractivity contribution in [3.8, 4) is 0 Å². The van der Waals surface area contributed by atoms with Gasteiger partial charge in [0.2, 0.25) is 0 Å². The molecule has 1 atom stereocenters. The monoisotopic (exact) mass is 279 g/mol. The van der Waals surface area contributed by atoms with Crippen molar-refractivity contribution in [1.29, 1.82) is 0 Å². The third-order valence-corrected chi connectivity index (χ3v) is 2.55. The number of ether oxygens (including phenoxy) is 1. The van der Waals surface area contributed by atoms with Crippen molar-refractivity contribution in [3.63, 3.8) is 0 Å². The maximum atomic E-state index is 12.0. The Hall–Kier alpha value is -1.08. The second-order valence-electron chi connectivity index (χ2n) is 4.38. The lowest BCUT2D eigenvalue weighted by molar-refractivity contribution is -0.174. The fraction of sp³-hybridized carbons (Fsp3) is 0.750. The third-order valence-electron chi connectivity index (χ3n) is 2.55. The van der Waals surface area contributed by atoms with Gasteiger partial charge in [-0.1, -0.05) is 6.92 Å². The van der Waals surface area contributed by atoms with Gasteiger partial charge in [0, 0.05) is 19.9 Å². The Labute approximate surface area is 110 Å². The van der Waals surface area contributed by atoms with Crippen molar-refractivity contribution < 1.29 is 17.9 Å². The van der Waals surface area contributed by atoms with Crippen LogP contribution >= 0.6 is 0 Å². The number of nitrogens with zero attached hydrogens (tertiary/aromatic N) is 2. The van der Waals surface area contributed by atoms with Crippen LogP contribution in [-0.2, 0) is 11.8 Å². The van der Waals surface area contributed by atoms with Gasteiger partial charge in [0.15, 0.2) is 0 Å². The van der Waals surface area contributed by atoms with Gasteiger partial charge in [0.1, 0.15) is 6.61 Å². The molecule has 0 fully saturated rings. The second-order valence-corrected chi connectivity index (χ2v) is 4.38. The number of nitrogens with one attached hydrogen (secondary N) is 1. The highest BCUT2D eigenvalue weighted by molar-refractivity contribution is 5.05. The van der Waals surface area contributed by atoms with Crippen LogP contribution in [0, 0.1) is 0 Å². The Morgan fingerprint density at radius 3 is 2.74 bits per heavy atom. The van der Waals surface area contributed by atoms with Crippen LogP contribution in [0.1, 0.15) is 31.5 Å². The standard InChI is InChI=1S/C12H20F3N3O/c1-3-6-16-10(11-4-7-18(2)17-11)5-8-19-9-12(13,14)15/h4,7,10,16H,3,5-6,8-9H2,1-2H3. The lowest BCUT2D eigenvalue weighted by atomic mass is 10.1. The lowest BCUT2D eigenvalue weighted by Gasteiger charge is -2.16. The Bertz CT molecular complexity index is 365. The molecule has 0 aliphatic rings. The van der Waals surface area contributed by atoms with Crippen LogP contribution < -0.4 is 5.32 Å². The first kappa shape index (κ1) is 16.0. The van der Waals surface area contributed by atoms with Crippen molar-refractivity contribution >= 4 is 0 Å². The number of alkyl halides is 3. The minimum Gasteiger partial charge on any atom is -0.372 e. The summed E-state index contributed by atoms with van der Waals surface area (Å²) in [7, 11) is 1.81. The molecule has 0 aromatic carbocycles. The molecular weight excluding hydrogens is 259 g/mol. The SMILES string of the molecule is CCCNC(CCOCC(F)(F)F)c1ccn(C)n1. The van der Waals surface area contributed by atoms with Gasteiger partial charge in [-0.15, -0.1) is 0 Å². The molecule has 0 saturated heterocycles. The van der Waals surface area contributed by atoms with Crippen LogP contribution in [-0.4, -0.2) is 35.7 Å². The van der Waals surface area contributed by atoms with E-state index >= 15 is 0 Å². The number of hydrogen-bond acceptors (Lipinski definition) is 3. The molecule has 7 heteroatoms. The van der Waals surface area contributed by atoms with E-state index in [1.807, 2.05) is 19.2 Å². The molecule has 0 spiro atoms. The summed E-state index contributed by atoms with van der Waals surface area (Å²) >= 11 is 0. The van der Waals surface area contributed by atoms with Gasteiger partial charge in [-0.25, -0.2) is 0 Å². The topological polar surface area (TPSA) is 39.1 Å². The summed E-state index contributed by atoms with van der Waals surface area (Å²) in [6.45, 7) is 1.68. The molecule has 1 unspecified atom stereocenters. The smallest absolute Gasteiger partial charge is 0.372 e. The normalized spacial score (nSPS) is 13.7. The van der Waals surface area contributed by atoms with Crippen molar-refractivity contribution in [2.45, 2.75) is 32.0 Å². The second kappa shape index (κ2) is 7.49. The molecular formula is C12H20F3N3O. The first-order valence-electron chi connectivity index (χ1n) is 6.30. The predicted octanol–water partition coefficient (Wildman–Crippen LogP) is 2.43. The number of rotatable bonds is 8. The summed E-state index contributed by atoms with van der Waals surface area (Å²) in [6, 6.07) is 1.78. The zero-order chi connectivity index (χ0) is 14.3. The van der Waals surface area contributed by atoms with E-state index in [0.717, 1.165) is 18.7 Å². The van der Waals surface area contributed by atoms with Gasteiger partial charge in [-0.2, -0.15) is 18.3 Å². The third kappa shape index (κ3) is 6.58. The van der Waals surface area contributed by atoms with Gasteiger partial charge in [0.25, 0.3) is 0 Å². The quantitative estimate of drug-likeness (QED) is 0.743. The maximum Gasteiger partial charge on any atom is 0.411 e. The van der Waals surface area contributed by atoms with Gasteiger partial charge < -0.3 is 10.1 Å². The summed E-state index contributed by atoms with van der Waals surface area (Å²) in [5.41, 5.74) is 0.826. The van der Waals surface area contributed by atoms with E-state index in [1.54, 1.807) is 11.7 Å². The highest BCUT2D eigenvalue weighted by atomic mass is 19.4. The first-order valence-corrected chi connectivity index (χ1v) is 6.30. The summed E-state index contributed by atoms with van der Waals surface area (Å²) in [5.74, 6) is 0. The Balaban J connectivity index is 2.42. The number of aryl methyl sites for hydroxylation is 1. The average Bonchev–Trinajstić information content (AvgIpc) is 2.73. The van der Waals surface area contributed by atoms with Crippen molar-refractivity contribution in [2.24, 2.45) is 7.05 Å². The summed E-state index contributed by atoms with van der Waals surface area (Å²) in [6.07, 6.45) is -1.04. The molecule has 0 saturated carbocycles. The summed E-state index contributed by atoms with van der Waals surface area (Å²) < 4.78 is 42.2. The molecule has 1 heterocycles. The van der Waals surface area contributed by atoms with Crippen LogP contribution in [0.4, 0.5) is 13.2 Å². The molecule has 110 valence electrons. The molecule has 1 aromatic heterocycles. The van der Waals surface area contributed by atoms with E-state index in [0.29, 0.717) is 6.42 Å². The highest BCUT2D eigenvalue weighted by Gasteiger charge is 2.27. The molecule has 4 nitrogen and oxygen atoms in total. The lowest BCUT2D eigenvalue weighted by Crippen LogP contribution is -2.25. The largest absolute Gasteiger partial charge is 0.411 e. The van der Waals surface area contributed by atoms with Crippen LogP contribution in [0.3, 0.4) is 0 Å². The maximum absolute atomic E-state index is 12.0. The number of hydrogen-bond donors (Lipinski definition) is 1. The molecule has 0 bridgehead atoms. The zero-order valence-corrected chi connectivity index (χ0v) is 11.2. The number of halogens is 3. The van der Waals surface area contributed by atoms with Gasteiger partial charge in [0.05, 0.1) is 11.7 Å². The summed E-state index contributed by atoms with van der Waals surface area (Å²) in [5, 5.41) is 7.53. The predicted molar refractivity (Wildman–Crippen MR) is 65.7 cm³/mol. The summed E-state index contributed by atoms with van der Waals surface area (Å²) in [4.78, 5) is 0. The van der Waals surface area contributed by atoms with Crippen molar-refractivity contribution in [1.82, 2.24) is 15.1 Å². The molecule has 0 radical (unpaired) electrons. The highest BCUT2D eigenvalue weighted by Crippen LogP contribution is 2.17. The Morgan fingerprint density at radius 2 is 2.21 bits per heavy atom. The molecule has 19 heavy (non-hydrogen) atoms.